The summed E-state index contributed by atoms with van der Waals surface area (Å²) in [6, 6.07) is 47.0. The Labute approximate surface area is 305 Å². The molecule has 3 aromatic heterocycles. The van der Waals surface area contributed by atoms with Crippen LogP contribution < -0.4 is 10.5 Å². The van der Waals surface area contributed by atoms with Gasteiger partial charge < -0.3 is 20.4 Å². The van der Waals surface area contributed by atoms with Gasteiger partial charge in [-0.05, 0) is 71.3 Å². The number of para-hydroxylation sites is 1. The Morgan fingerprint density at radius 1 is 0.472 bits per heavy atom. The number of aromatic nitrogens is 4. The summed E-state index contributed by atoms with van der Waals surface area (Å²) >= 11 is 0. The quantitative estimate of drug-likeness (QED) is 0.155. The van der Waals surface area contributed by atoms with E-state index >= 15 is 0 Å². The maximum Gasteiger partial charge on any atom is 0.255 e. The first-order chi connectivity index (χ1) is 26.1. The van der Waals surface area contributed by atoms with Crippen molar-refractivity contribution in [1.29, 1.82) is 0 Å². The molecule has 0 saturated heterocycles. The molecule has 4 aromatic carbocycles. The van der Waals surface area contributed by atoms with Gasteiger partial charge in [0.15, 0.2) is 6.61 Å². The Balaban J connectivity index is 1.46. The SMILES string of the molecule is NC(=O)COc1ccccc1-c1c2nc(c(-c3ccccc3)c3ccc([nH]3)c(-c3ccccc3)c3nc(c(-c4ccccc4)c4ccc1[nH]4)C=C3)C=C2. The number of H-pyrrole nitrogens is 2. The summed E-state index contributed by atoms with van der Waals surface area (Å²) in [5.74, 6) is -0.0290. The molecule has 1 amide bonds. The van der Waals surface area contributed by atoms with Crippen LogP contribution in [0.5, 0.6) is 5.75 Å². The summed E-state index contributed by atoms with van der Waals surface area (Å²) in [5, 5.41) is 0. The minimum absolute atomic E-state index is 0.250. The number of benzene rings is 4. The monoisotopic (exact) mass is 687 g/mol. The lowest BCUT2D eigenvalue weighted by Crippen LogP contribution is -2.20. The van der Waals surface area contributed by atoms with E-state index in [1.165, 1.54) is 0 Å². The Kier molecular flexibility index (Phi) is 8.06. The van der Waals surface area contributed by atoms with Crippen LogP contribution in [0.4, 0.5) is 0 Å². The number of rotatable bonds is 7. The van der Waals surface area contributed by atoms with E-state index in [1.807, 2.05) is 72.8 Å². The summed E-state index contributed by atoms with van der Waals surface area (Å²) in [5.41, 5.74) is 20.0. The van der Waals surface area contributed by atoms with Crippen LogP contribution in [0.25, 0.3) is 90.9 Å². The van der Waals surface area contributed by atoms with Crippen molar-refractivity contribution >= 4 is 52.3 Å². The van der Waals surface area contributed by atoms with Crippen LogP contribution in [0.1, 0.15) is 22.8 Å². The molecular weight excluding hydrogens is 655 g/mol. The molecule has 0 unspecified atom stereocenters. The molecule has 0 atom stereocenters. The number of primary amides is 1. The molecule has 7 heteroatoms. The summed E-state index contributed by atoms with van der Waals surface area (Å²) in [7, 11) is 0. The number of carbonyl (C=O) groups excluding carboxylic acids is 1. The average Bonchev–Trinajstić information content (AvgIpc) is 4.04. The number of nitrogens with two attached hydrogens (primary N) is 1. The Hall–Kier alpha value is -7.25. The number of hydrogen-bond donors (Lipinski definition) is 3. The zero-order chi connectivity index (χ0) is 35.7. The molecule has 7 nitrogen and oxygen atoms in total. The van der Waals surface area contributed by atoms with Gasteiger partial charge >= 0.3 is 0 Å². The Bertz CT molecular complexity index is 2710. The number of fused-ring (bicyclic) bond motifs is 8. The molecule has 0 radical (unpaired) electrons. The molecule has 9 rings (SSSR count). The van der Waals surface area contributed by atoms with Gasteiger partial charge in [0, 0.05) is 49.9 Å². The van der Waals surface area contributed by atoms with Crippen LogP contribution in [0.2, 0.25) is 0 Å². The van der Waals surface area contributed by atoms with E-state index in [4.69, 9.17) is 20.4 Å². The number of aromatic amines is 2. The molecule has 7 aromatic rings. The van der Waals surface area contributed by atoms with Crippen LogP contribution in [0.15, 0.2) is 140 Å². The lowest BCUT2D eigenvalue weighted by molar-refractivity contribution is -0.119. The van der Waals surface area contributed by atoms with Crippen molar-refractivity contribution in [2.75, 3.05) is 6.61 Å². The molecule has 0 spiro atoms. The van der Waals surface area contributed by atoms with Crippen LogP contribution in [0, 0.1) is 0 Å². The second-order valence-electron chi connectivity index (χ2n) is 12.9. The van der Waals surface area contributed by atoms with Crippen molar-refractivity contribution in [2.45, 2.75) is 0 Å². The third kappa shape index (κ3) is 6.00. The molecular formula is C46H33N5O2. The van der Waals surface area contributed by atoms with Gasteiger partial charge in [-0.2, -0.15) is 0 Å². The van der Waals surface area contributed by atoms with Crippen molar-refractivity contribution in [3.8, 4) is 50.3 Å². The highest BCUT2D eigenvalue weighted by molar-refractivity contribution is 6.00. The predicted molar refractivity (Wildman–Crippen MR) is 215 cm³/mol. The van der Waals surface area contributed by atoms with Gasteiger partial charge in [0.2, 0.25) is 0 Å². The Morgan fingerprint density at radius 3 is 1.25 bits per heavy atom. The van der Waals surface area contributed by atoms with E-state index in [2.05, 4.69) is 101 Å². The predicted octanol–water partition coefficient (Wildman–Crippen LogP) is 10.2. The molecule has 0 fully saturated rings. The van der Waals surface area contributed by atoms with Crippen LogP contribution >= 0.6 is 0 Å². The summed E-state index contributed by atoms with van der Waals surface area (Å²) < 4.78 is 5.99. The van der Waals surface area contributed by atoms with Gasteiger partial charge in [0.1, 0.15) is 5.75 Å². The molecule has 4 N–H and O–H groups in total. The van der Waals surface area contributed by atoms with Gasteiger partial charge in [-0.25, -0.2) is 9.97 Å². The lowest BCUT2D eigenvalue weighted by atomic mass is 10.0. The summed E-state index contributed by atoms with van der Waals surface area (Å²) in [6.07, 6.45) is 8.28. The maximum absolute atomic E-state index is 11.8. The van der Waals surface area contributed by atoms with Crippen molar-refractivity contribution in [3.63, 3.8) is 0 Å². The minimum atomic E-state index is -0.553. The van der Waals surface area contributed by atoms with E-state index in [9.17, 15) is 4.79 Å². The molecule has 2 aliphatic rings. The van der Waals surface area contributed by atoms with Crippen molar-refractivity contribution < 1.29 is 9.53 Å². The highest BCUT2D eigenvalue weighted by Crippen LogP contribution is 2.40. The number of amides is 1. The number of nitrogens with zero attached hydrogens (tertiary/aromatic N) is 2. The van der Waals surface area contributed by atoms with Crippen molar-refractivity contribution in [2.24, 2.45) is 5.73 Å². The maximum atomic E-state index is 11.8. The molecule has 53 heavy (non-hydrogen) atoms. The topological polar surface area (TPSA) is 110 Å². The molecule has 0 saturated carbocycles. The van der Waals surface area contributed by atoms with Gasteiger partial charge in [-0.15, -0.1) is 0 Å². The molecule has 2 aliphatic heterocycles. The van der Waals surface area contributed by atoms with E-state index in [0.29, 0.717) is 5.75 Å². The summed E-state index contributed by atoms with van der Waals surface area (Å²) in [4.78, 5) is 30.0. The fourth-order valence-corrected chi connectivity index (χ4v) is 7.16. The zero-order valence-corrected chi connectivity index (χ0v) is 28.6. The van der Waals surface area contributed by atoms with Crippen LogP contribution in [-0.4, -0.2) is 32.4 Å². The van der Waals surface area contributed by atoms with Crippen molar-refractivity contribution in [1.82, 2.24) is 19.9 Å². The highest BCUT2D eigenvalue weighted by Gasteiger charge is 2.20. The second kappa shape index (κ2) is 13.5. The van der Waals surface area contributed by atoms with Gasteiger partial charge in [0.05, 0.1) is 22.8 Å². The van der Waals surface area contributed by atoms with Crippen molar-refractivity contribution in [3.05, 3.63) is 162 Å². The van der Waals surface area contributed by atoms with E-state index < -0.39 is 5.91 Å². The van der Waals surface area contributed by atoms with Crippen LogP contribution in [0.3, 0.4) is 0 Å². The van der Waals surface area contributed by atoms with E-state index in [0.717, 1.165) is 89.4 Å². The van der Waals surface area contributed by atoms with Gasteiger partial charge in [-0.3, -0.25) is 4.79 Å². The third-order valence-corrected chi connectivity index (χ3v) is 9.47. The minimum Gasteiger partial charge on any atom is -0.483 e. The standard InChI is InChI=1S/C46H33N5O2/c47-42(52)28-53-41-19-11-10-18-32(41)46-39-26-24-37(50-39)44(30-14-6-2-7-15-30)35-22-20-33(48-35)43(29-12-4-1-5-13-29)34-21-23-36(49-34)45(31-16-8-3-9-17-31)38-25-27-40(46)51-38/h1-27,48,51H,28H2,(H2,47,52). The highest BCUT2D eigenvalue weighted by atomic mass is 16.5. The zero-order valence-electron chi connectivity index (χ0n) is 28.6. The Morgan fingerprint density at radius 2 is 0.830 bits per heavy atom. The van der Waals surface area contributed by atoms with Gasteiger partial charge in [0.25, 0.3) is 5.91 Å². The third-order valence-electron chi connectivity index (χ3n) is 9.47. The van der Waals surface area contributed by atoms with Gasteiger partial charge in [-0.1, -0.05) is 109 Å². The smallest absolute Gasteiger partial charge is 0.255 e. The average molecular weight is 688 g/mol. The molecule has 0 aliphatic carbocycles. The second-order valence-corrected chi connectivity index (χ2v) is 12.9. The van der Waals surface area contributed by atoms with Crippen LogP contribution in [-0.2, 0) is 4.79 Å². The van der Waals surface area contributed by atoms with E-state index in [-0.39, 0.29) is 6.61 Å². The first-order valence-electron chi connectivity index (χ1n) is 17.4. The number of carbonyl (C=O) groups is 1. The number of ether oxygens (including phenoxy) is 1. The normalized spacial score (nSPS) is 11.8. The fourth-order valence-electron chi connectivity index (χ4n) is 7.16. The molecule has 8 bridgehead atoms. The molecule has 254 valence electrons. The first kappa shape index (κ1) is 31.7. The number of nitrogens with one attached hydrogen (secondary N) is 2. The first-order valence-corrected chi connectivity index (χ1v) is 17.4. The number of hydrogen-bond acceptors (Lipinski definition) is 4. The largest absolute Gasteiger partial charge is 0.483 e. The van der Waals surface area contributed by atoms with E-state index in [1.54, 1.807) is 0 Å². The summed E-state index contributed by atoms with van der Waals surface area (Å²) in [6.45, 7) is -0.250. The lowest BCUT2D eigenvalue weighted by Gasteiger charge is -2.11. The molecule has 5 heterocycles. The fraction of sp³-hybridized carbons (Fsp3) is 0.0217.